The fraction of sp³-hybridized carbons (Fsp3) is 0. The number of allylic oxidation sites excluding steroid dienone is 5. The maximum Gasteiger partial charge on any atom is 0.349 e. The van der Waals surface area contributed by atoms with Crippen molar-refractivity contribution in [2.75, 3.05) is 0 Å². The summed E-state index contributed by atoms with van der Waals surface area (Å²) in [6, 6.07) is 5.49. The third kappa shape index (κ3) is 3.59. The molecule has 0 aliphatic rings. The van der Waals surface area contributed by atoms with Crippen LogP contribution in [0.15, 0.2) is 83.4 Å². The Kier molecular flexibility index (Phi) is 4.75. The number of nitrogens with one attached hydrogen (secondary N) is 2. The van der Waals surface area contributed by atoms with E-state index >= 15 is 0 Å². The molecule has 0 radical (unpaired) electrons. The Bertz CT molecular complexity index is 1150. The molecule has 1 aromatic carbocycles. The second-order valence-corrected chi connectivity index (χ2v) is 5.14. The zero-order valence-electron chi connectivity index (χ0n) is 13.7. The third-order valence-corrected chi connectivity index (χ3v) is 3.43. The molecule has 0 saturated heterocycles. The van der Waals surface area contributed by atoms with Gasteiger partial charge in [-0.2, -0.15) is 14.9 Å². The molecular formula is C18H15N5O3. The highest BCUT2D eigenvalue weighted by atomic mass is 16.5. The zero-order chi connectivity index (χ0) is 18.5. The predicted molar refractivity (Wildman–Crippen MR) is 98.6 cm³/mol. The van der Waals surface area contributed by atoms with Crippen molar-refractivity contribution in [3.8, 4) is 5.75 Å². The first kappa shape index (κ1) is 16.9. The average Bonchev–Trinajstić information content (AvgIpc) is 3.10. The highest BCUT2D eigenvalue weighted by Gasteiger charge is 2.03. The molecule has 130 valence electrons. The fourth-order valence-corrected chi connectivity index (χ4v) is 2.19. The Labute approximate surface area is 147 Å². The minimum Gasteiger partial charge on any atom is -0.457 e. The molecule has 0 aliphatic carbocycles. The molecule has 0 amide bonds. The summed E-state index contributed by atoms with van der Waals surface area (Å²) in [4.78, 5) is 25.1. The van der Waals surface area contributed by atoms with Crippen molar-refractivity contribution >= 4 is 16.6 Å². The molecule has 3 aromatic rings. The van der Waals surface area contributed by atoms with Gasteiger partial charge in [0, 0.05) is 5.39 Å². The van der Waals surface area contributed by atoms with Gasteiger partial charge >= 0.3 is 5.69 Å². The number of rotatable bonds is 6. The second kappa shape index (κ2) is 7.31. The van der Waals surface area contributed by atoms with Crippen molar-refractivity contribution in [3.63, 3.8) is 0 Å². The summed E-state index contributed by atoms with van der Waals surface area (Å²) < 4.78 is 6.80. The van der Waals surface area contributed by atoms with E-state index in [1.165, 1.54) is 12.2 Å². The molecule has 0 aliphatic heterocycles. The Morgan fingerprint density at radius 1 is 1.15 bits per heavy atom. The van der Waals surface area contributed by atoms with Crippen molar-refractivity contribution in [1.82, 2.24) is 25.0 Å². The van der Waals surface area contributed by atoms with Gasteiger partial charge in [0.1, 0.15) is 17.7 Å². The summed E-state index contributed by atoms with van der Waals surface area (Å²) in [5.74, 6) is 1.06. The number of fused-ring (bicyclic) bond motifs is 1. The van der Waals surface area contributed by atoms with Crippen LogP contribution in [-0.4, -0.2) is 25.0 Å². The molecule has 2 N–H and O–H groups in total. The van der Waals surface area contributed by atoms with Gasteiger partial charge in [0.15, 0.2) is 0 Å². The molecule has 8 heteroatoms. The zero-order valence-corrected chi connectivity index (χ0v) is 13.7. The van der Waals surface area contributed by atoms with E-state index < -0.39 is 11.2 Å². The third-order valence-electron chi connectivity index (χ3n) is 3.43. The number of aromatic nitrogens is 5. The lowest BCUT2D eigenvalue weighted by Gasteiger charge is -2.06. The quantitative estimate of drug-likeness (QED) is 0.523. The predicted octanol–water partition coefficient (Wildman–Crippen LogP) is 1.98. The largest absolute Gasteiger partial charge is 0.457 e. The van der Waals surface area contributed by atoms with Gasteiger partial charge in [0.2, 0.25) is 0 Å². The molecule has 0 atom stereocenters. The lowest BCUT2D eigenvalue weighted by molar-refractivity contribution is 0.445. The van der Waals surface area contributed by atoms with Crippen LogP contribution in [0.25, 0.3) is 16.6 Å². The summed E-state index contributed by atoms with van der Waals surface area (Å²) in [6.45, 7) is 7.37. The highest BCUT2D eigenvalue weighted by molar-refractivity contribution is 5.79. The average molecular weight is 349 g/mol. The van der Waals surface area contributed by atoms with E-state index in [0.717, 1.165) is 21.8 Å². The molecule has 26 heavy (non-hydrogen) atoms. The van der Waals surface area contributed by atoms with Crippen molar-refractivity contribution < 1.29 is 4.74 Å². The SMILES string of the molecule is C=C/C(=C\C=C(/C=C)n1ncc(=O)[nH]c1=O)Oc1ccc2[nH]ncc2c1. The monoisotopic (exact) mass is 349 g/mol. The van der Waals surface area contributed by atoms with Gasteiger partial charge < -0.3 is 4.74 Å². The van der Waals surface area contributed by atoms with Gasteiger partial charge in [-0.15, -0.1) is 0 Å². The van der Waals surface area contributed by atoms with Crippen LogP contribution in [0.2, 0.25) is 0 Å². The van der Waals surface area contributed by atoms with Gasteiger partial charge in [-0.05, 0) is 42.5 Å². The van der Waals surface area contributed by atoms with E-state index in [9.17, 15) is 9.59 Å². The summed E-state index contributed by atoms with van der Waals surface area (Å²) in [6.07, 6.45) is 8.86. The highest BCUT2D eigenvalue weighted by Crippen LogP contribution is 2.21. The van der Waals surface area contributed by atoms with E-state index in [1.807, 2.05) is 12.1 Å². The first-order valence-electron chi connectivity index (χ1n) is 7.57. The first-order valence-corrected chi connectivity index (χ1v) is 7.57. The van der Waals surface area contributed by atoms with Gasteiger partial charge in [-0.25, -0.2) is 4.79 Å². The lowest BCUT2D eigenvalue weighted by Crippen LogP contribution is -2.30. The Morgan fingerprint density at radius 2 is 2.00 bits per heavy atom. The summed E-state index contributed by atoms with van der Waals surface area (Å²) in [5, 5.41) is 11.5. The maximum absolute atomic E-state index is 11.8. The number of hydrogen-bond acceptors (Lipinski definition) is 5. The van der Waals surface area contributed by atoms with Crippen molar-refractivity contribution in [3.05, 3.63) is 94.7 Å². The number of nitrogens with zero attached hydrogens (tertiary/aromatic N) is 3. The molecule has 8 nitrogen and oxygen atoms in total. The Hall–Kier alpha value is -3.94. The van der Waals surface area contributed by atoms with Gasteiger partial charge in [-0.1, -0.05) is 13.2 Å². The van der Waals surface area contributed by atoms with Crippen LogP contribution in [0.5, 0.6) is 5.75 Å². The summed E-state index contributed by atoms with van der Waals surface area (Å²) in [5.41, 5.74) is 0.0248. The lowest BCUT2D eigenvalue weighted by atomic mass is 10.2. The summed E-state index contributed by atoms with van der Waals surface area (Å²) in [7, 11) is 0. The maximum atomic E-state index is 11.8. The van der Waals surface area contributed by atoms with Gasteiger partial charge in [-0.3, -0.25) is 14.9 Å². The minimum absolute atomic E-state index is 0.361. The number of ether oxygens (including phenoxy) is 1. The molecular weight excluding hydrogens is 334 g/mol. The minimum atomic E-state index is -0.663. The summed E-state index contributed by atoms with van der Waals surface area (Å²) >= 11 is 0. The molecule has 0 spiro atoms. The number of aromatic amines is 2. The van der Waals surface area contributed by atoms with E-state index in [2.05, 4.69) is 33.4 Å². The van der Waals surface area contributed by atoms with Crippen LogP contribution in [0, 0.1) is 0 Å². The van der Waals surface area contributed by atoms with Crippen LogP contribution < -0.4 is 16.0 Å². The van der Waals surface area contributed by atoms with Crippen LogP contribution in [0.4, 0.5) is 0 Å². The fourth-order valence-electron chi connectivity index (χ4n) is 2.19. The van der Waals surface area contributed by atoms with Crippen LogP contribution >= 0.6 is 0 Å². The topological polar surface area (TPSA) is 106 Å². The van der Waals surface area contributed by atoms with E-state index in [1.54, 1.807) is 24.4 Å². The number of hydrogen-bond donors (Lipinski definition) is 2. The van der Waals surface area contributed by atoms with Crippen LogP contribution in [0.1, 0.15) is 0 Å². The van der Waals surface area contributed by atoms with E-state index in [4.69, 9.17) is 4.74 Å². The van der Waals surface area contributed by atoms with Gasteiger partial charge in [0.05, 0.1) is 17.4 Å². The Morgan fingerprint density at radius 3 is 2.73 bits per heavy atom. The van der Waals surface area contributed by atoms with Crippen LogP contribution in [0.3, 0.4) is 0 Å². The van der Waals surface area contributed by atoms with Crippen molar-refractivity contribution in [2.45, 2.75) is 0 Å². The molecule has 0 bridgehead atoms. The molecule has 2 heterocycles. The standard InChI is InChI=1S/C18H15N5O3/c1-3-13(23-18(25)21-17(24)11-20-23)5-6-14(4-2)26-15-7-8-16-12(9-15)10-19-22-16/h3-11H,1-2H2,(H,19,22)(H,21,24,25)/b13-5+,14-6+. The smallest absolute Gasteiger partial charge is 0.349 e. The van der Waals surface area contributed by atoms with E-state index in [0.29, 0.717) is 17.2 Å². The molecule has 0 fully saturated rings. The van der Waals surface area contributed by atoms with Gasteiger partial charge in [0.25, 0.3) is 5.56 Å². The number of H-pyrrole nitrogens is 2. The van der Waals surface area contributed by atoms with E-state index in [-0.39, 0.29) is 0 Å². The second-order valence-electron chi connectivity index (χ2n) is 5.14. The normalized spacial score (nSPS) is 12.2. The molecule has 0 saturated carbocycles. The molecule has 2 aromatic heterocycles. The van der Waals surface area contributed by atoms with Crippen molar-refractivity contribution in [1.29, 1.82) is 0 Å². The van der Waals surface area contributed by atoms with Crippen LogP contribution in [-0.2, 0) is 0 Å². The molecule has 3 rings (SSSR count). The first-order chi connectivity index (χ1) is 12.6. The Balaban J connectivity index is 1.90. The molecule has 0 unspecified atom stereocenters. The van der Waals surface area contributed by atoms with Crippen molar-refractivity contribution in [2.24, 2.45) is 0 Å². The number of benzene rings is 1.